The number of rotatable bonds is 3. The van der Waals surface area contributed by atoms with Gasteiger partial charge < -0.3 is 5.11 Å². The SMILES string of the molecule is O=C(/C=C/c1ccc(F)cc1)c1ccc(O)cc1. The third kappa shape index (κ3) is 3.04. The predicted molar refractivity (Wildman–Crippen MR) is 67.9 cm³/mol. The summed E-state index contributed by atoms with van der Waals surface area (Å²) < 4.78 is 12.7. The molecule has 3 heteroatoms. The van der Waals surface area contributed by atoms with E-state index in [2.05, 4.69) is 0 Å². The smallest absolute Gasteiger partial charge is 0.185 e. The predicted octanol–water partition coefficient (Wildman–Crippen LogP) is 3.43. The number of carbonyl (C=O) groups excluding carboxylic acids is 1. The minimum absolute atomic E-state index is 0.120. The van der Waals surface area contributed by atoms with Crippen molar-refractivity contribution in [3.63, 3.8) is 0 Å². The maximum Gasteiger partial charge on any atom is 0.185 e. The molecule has 0 radical (unpaired) electrons. The molecular weight excluding hydrogens is 231 g/mol. The van der Waals surface area contributed by atoms with E-state index in [4.69, 9.17) is 5.11 Å². The molecule has 0 aliphatic heterocycles. The third-order valence-corrected chi connectivity index (χ3v) is 2.45. The van der Waals surface area contributed by atoms with E-state index in [-0.39, 0.29) is 17.3 Å². The minimum Gasteiger partial charge on any atom is -0.508 e. The van der Waals surface area contributed by atoms with Crippen LogP contribution in [0.4, 0.5) is 4.39 Å². The largest absolute Gasteiger partial charge is 0.508 e. The zero-order valence-corrected chi connectivity index (χ0v) is 9.51. The fourth-order valence-corrected chi connectivity index (χ4v) is 1.47. The van der Waals surface area contributed by atoms with Gasteiger partial charge in [-0.1, -0.05) is 18.2 Å². The van der Waals surface area contributed by atoms with E-state index in [9.17, 15) is 9.18 Å². The van der Waals surface area contributed by atoms with Gasteiger partial charge in [-0.3, -0.25) is 4.79 Å². The summed E-state index contributed by atoms with van der Waals surface area (Å²) in [4.78, 5) is 11.8. The maximum atomic E-state index is 12.7. The summed E-state index contributed by atoms with van der Waals surface area (Å²) in [5.74, 6) is -0.356. The van der Waals surface area contributed by atoms with Crippen molar-refractivity contribution in [3.8, 4) is 5.75 Å². The van der Waals surface area contributed by atoms with Gasteiger partial charge in [-0.25, -0.2) is 4.39 Å². The summed E-state index contributed by atoms with van der Waals surface area (Å²) in [6, 6.07) is 11.9. The van der Waals surface area contributed by atoms with Crippen molar-refractivity contribution in [1.82, 2.24) is 0 Å². The summed E-state index contributed by atoms with van der Waals surface area (Å²) in [6.45, 7) is 0. The first-order chi connectivity index (χ1) is 8.65. The normalized spacial score (nSPS) is 10.7. The lowest BCUT2D eigenvalue weighted by Gasteiger charge is -1.96. The number of carbonyl (C=O) groups is 1. The van der Waals surface area contributed by atoms with Crippen molar-refractivity contribution in [3.05, 3.63) is 71.6 Å². The van der Waals surface area contributed by atoms with Crippen LogP contribution in [0, 0.1) is 5.82 Å². The highest BCUT2D eigenvalue weighted by Crippen LogP contribution is 2.11. The van der Waals surface area contributed by atoms with Crippen molar-refractivity contribution in [1.29, 1.82) is 0 Å². The number of halogens is 1. The Balaban J connectivity index is 2.11. The Bertz CT molecular complexity index is 568. The molecule has 0 saturated heterocycles. The van der Waals surface area contributed by atoms with Gasteiger partial charge in [0.15, 0.2) is 5.78 Å². The first-order valence-corrected chi connectivity index (χ1v) is 5.42. The zero-order chi connectivity index (χ0) is 13.0. The lowest BCUT2D eigenvalue weighted by atomic mass is 10.1. The highest BCUT2D eigenvalue weighted by Gasteiger charge is 2.01. The fourth-order valence-electron chi connectivity index (χ4n) is 1.47. The second-order valence-corrected chi connectivity index (χ2v) is 3.80. The molecule has 0 aromatic heterocycles. The van der Waals surface area contributed by atoms with Gasteiger partial charge in [-0.15, -0.1) is 0 Å². The van der Waals surface area contributed by atoms with Gasteiger partial charge in [0.05, 0.1) is 0 Å². The molecule has 0 saturated carbocycles. The molecule has 2 aromatic carbocycles. The van der Waals surface area contributed by atoms with Crippen LogP contribution in [0.1, 0.15) is 15.9 Å². The van der Waals surface area contributed by atoms with E-state index in [1.165, 1.54) is 30.3 Å². The van der Waals surface area contributed by atoms with Crippen LogP contribution in [0.25, 0.3) is 6.08 Å². The first-order valence-electron chi connectivity index (χ1n) is 5.42. The van der Waals surface area contributed by atoms with E-state index < -0.39 is 0 Å². The van der Waals surface area contributed by atoms with Crippen molar-refractivity contribution < 1.29 is 14.3 Å². The average Bonchev–Trinajstić information content (AvgIpc) is 2.38. The molecule has 0 unspecified atom stereocenters. The van der Waals surface area contributed by atoms with E-state index >= 15 is 0 Å². The van der Waals surface area contributed by atoms with Crippen LogP contribution in [-0.2, 0) is 0 Å². The first kappa shape index (κ1) is 12.0. The molecule has 0 aliphatic carbocycles. The maximum absolute atomic E-state index is 12.7. The molecule has 90 valence electrons. The molecule has 2 aromatic rings. The molecule has 0 fully saturated rings. The van der Waals surface area contributed by atoms with Crippen LogP contribution >= 0.6 is 0 Å². The molecule has 0 atom stereocenters. The summed E-state index contributed by atoms with van der Waals surface area (Å²) in [7, 11) is 0. The monoisotopic (exact) mass is 242 g/mol. The number of phenols is 1. The Hall–Kier alpha value is -2.42. The summed E-state index contributed by atoms with van der Waals surface area (Å²) >= 11 is 0. The van der Waals surface area contributed by atoms with E-state index in [0.29, 0.717) is 5.56 Å². The van der Waals surface area contributed by atoms with Gasteiger partial charge in [0.2, 0.25) is 0 Å². The topological polar surface area (TPSA) is 37.3 Å². The summed E-state index contributed by atoms with van der Waals surface area (Å²) in [6.07, 6.45) is 3.04. The number of allylic oxidation sites excluding steroid dienone is 1. The number of hydrogen-bond donors (Lipinski definition) is 1. The molecule has 0 aliphatic rings. The van der Waals surface area contributed by atoms with E-state index in [0.717, 1.165) is 5.56 Å². The van der Waals surface area contributed by atoms with Crippen LogP contribution in [0.5, 0.6) is 5.75 Å². The molecule has 2 nitrogen and oxygen atoms in total. The van der Waals surface area contributed by atoms with Crippen molar-refractivity contribution >= 4 is 11.9 Å². The van der Waals surface area contributed by atoms with Gasteiger partial charge in [0.1, 0.15) is 11.6 Å². The average molecular weight is 242 g/mol. The summed E-state index contributed by atoms with van der Waals surface area (Å²) in [5, 5.41) is 9.11. The number of benzene rings is 2. The Kier molecular flexibility index (Phi) is 3.53. The van der Waals surface area contributed by atoms with Crippen LogP contribution in [0.15, 0.2) is 54.6 Å². The van der Waals surface area contributed by atoms with Gasteiger partial charge in [-0.05, 0) is 48.0 Å². The van der Waals surface area contributed by atoms with Gasteiger partial charge in [0.25, 0.3) is 0 Å². The van der Waals surface area contributed by atoms with Crippen molar-refractivity contribution in [2.24, 2.45) is 0 Å². The van der Waals surface area contributed by atoms with Crippen LogP contribution < -0.4 is 0 Å². The lowest BCUT2D eigenvalue weighted by Crippen LogP contribution is -1.92. The van der Waals surface area contributed by atoms with Crippen LogP contribution in [0.3, 0.4) is 0 Å². The molecule has 1 N–H and O–H groups in total. The number of ketones is 1. The third-order valence-electron chi connectivity index (χ3n) is 2.45. The molecule has 0 heterocycles. The van der Waals surface area contributed by atoms with Crippen molar-refractivity contribution in [2.45, 2.75) is 0 Å². The van der Waals surface area contributed by atoms with Gasteiger partial charge in [-0.2, -0.15) is 0 Å². The Morgan fingerprint density at radius 2 is 1.61 bits per heavy atom. The summed E-state index contributed by atoms with van der Waals surface area (Å²) in [5.41, 5.74) is 1.25. The van der Waals surface area contributed by atoms with E-state index in [1.807, 2.05) is 0 Å². The zero-order valence-electron chi connectivity index (χ0n) is 9.51. The Morgan fingerprint density at radius 1 is 1.00 bits per heavy atom. The van der Waals surface area contributed by atoms with Gasteiger partial charge >= 0.3 is 0 Å². The van der Waals surface area contributed by atoms with Crippen molar-refractivity contribution in [2.75, 3.05) is 0 Å². The van der Waals surface area contributed by atoms with Crippen LogP contribution in [0.2, 0.25) is 0 Å². The second-order valence-electron chi connectivity index (χ2n) is 3.80. The lowest BCUT2D eigenvalue weighted by molar-refractivity contribution is 0.104. The standard InChI is InChI=1S/C15H11FO2/c16-13-6-1-11(2-7-13)3-10-15(18)12-4-8-14(17)9-5-12/h1-10,17H/b10-3+. The second kappa shape index (κ2) is 5.27. The Morgan fingerprint density at radius 3 is 2.22 bits per heavy atom. The molecular formula is C15H11FO2. The fraction of sp³-hybridized carbons (Fsp3) is 0. The molecule has 0 bridgehead atoms. The number of aromatic hydroxyl groups is 1. The quantitative estimate of drug-likeness (QED) is 0.661. The highest BCUT2D eigenvalue weighted by molar-refractivity contribution is 6.06. The molecule has 0 spiro atoms. The number of hydrogen-bond acceptors (Lipinski definition) is 2. The molecule has 2 rings (SSSR count). The molecule has 18 heavy (non-hydrogen) atoms. The number of phenolic OH excluding ortho intramolecular Hbond substituents is 1. The minimum atomic E-state index is -0.308. The van der Waals surface area contributed by atoms with Crippen LogP contribution in [-0.4, -0.2) is 10.9 Å². The molecule has 0 amide bonds. The van der Waals surface area contributed by atoms with E-state index in [1.54, 1.807) is 30.3 Å². The highest BCUT2D eigenvalue weighted by atomic mass is 19.1. The Labute approximate surface area is 104 Å². The van der Waals surface area contributed by atoms with Gasteiger partial charge in [0, 0.05) is 5.56 Å².